The Morgan fingerprint density at radius 3 is 1.19 bits per heavy atom. The topological polar surface area (TPSA) is 3.24 Å². The lowest BCUT2D eigenvalue weighted by molar-refractivity contribution is 0.445. The summed E-state index contributed by atoms with van der Waals surface area (Å²) in [6.07, 6.45) is 6.51. The van der Waals surface area contributed by atoms with Crippen molar-refractivity contribution in [2.75, 3.05) is 4.90 Å². The molecule has 9 aromatic carbocycles. The highest BCUT2D eigenvalue weighted by molar-refractivity contribution is 6.03. The predicted octanol–water partition coefficient (Wildman–Crippen LogP) is 16.7. The normalized spacial score (nSPS) is 13.0. The third-order valence-corrected chi connectivity index (χ3v) is 12.3. The monoisotopic (exact) mass is 757 g/mol. The van der Waals surface area contributed by atoms with Crippen LogP contribution in [0.15, 0.2) is 218 Å². The summed E-state index contributed by atoms with van der Waals surface area (Å²) in [4.78, 5) is 2.45. The van der Waals surface area contributed by atoms with Crippen molar-refractivity contribution in [3.05, 3.63) is 224 Å². The van der Waals surface area contributed by atoms with E-state index >= 15 is 0 Å². The molecule has 9 aromatic rings. The first kappa shape index (κ1) is 36.4. The van der Waals surface area contributed by atoms with Crippen molar-refractivity contribution in [1.82, 2.24) is 0 Å². The molecule has 10 rings (SSSR count). The largest absolute Gasteiger partial charge is 0.310 e. The first-order chi connectivity index (χ1) is 29.3. The molecule has 0 aliphatic heterocycles. The van der Waals surface area contributed by atoms with Gasteiger partial charge in [0, 0.05) is 16.9 Å². The highest BCUT2D eigenvalue weighted by Gasteiger charge is 2.23. The summed E-state index contributed by atoms with van der Waals surface area (Å²) in [5.74, 6) is 0.598. The van der Waals surface area contributed by atoms with Gasteiger partial charge in [0.2, 0.25) is 0 Å². The Morgan fingerprint density at radius 1 is 0.305 bits per heavy atom. The molecule has 0 atom stereocenters. The maximum atomic E-state index is 2.45. The Bertz CT molecular complexity index is 2670. The minimum absolute atomic E-state index is 0.598. The van der Waals surface area contributed by atoms with E-state index in [1.807, 2.05) is 0 Å². The van der Waals surface area contributed by atoms with Crippen LogP contribution in [0.1, 0.15) is 43.6 Å². The van der Waals surface area contributed by atoms with Crippen LogP contribution in [0.4, 0.5) is 17.1 Å². The molecule has 59 heavy (non-hydrogen) atoms. The minimum atomic E-state index is 0.598. The molecular weight excluding hydrogens is 711 g/mol. The molecule has 1 nitrogen and oxygen atoms in total. The van der Waals surface area contributed by atoms with E-state index in [1.54, 1.807) is 0 Å². The first-order valence-corrected chi connectivity index (χ1v) is 21.2. The second-order valence-electron chi connectivity index (χ2n) is 15.9. The Kier molecular flexibility index (Phi) is 10.2. The molecule has 1 aliphatic carbocycles. The Labute approximate surface area is 348 Å². The second kappa shape index (κ2) is 16.5. The Morgan fingerprint density at radius 2 is 0.695 bits per heavy atom. The number of para-hydroxylation sites is 1. The SMILES string of the molecule is c1ccc(-c2ccc(-c3ccc(N(c4ccc(-c5ccc(-c6ccccc6)cc5)cc4)c4ccccc4-c4cccc5cccc(C6CCCCC6)c45)cc3)cc2)cc1. The van der Waals surface area contributed by atoms with Crippen molar-refractivity contribution in [3.63, 3.8) is 0 Å². The summed E-state index contributed by atoms with van der Waals surface area (Å²) >= 11 is 0. The van der Waals surface area contributed by atoms with Crippen LogP contribution in [0.5, 0.6) is 0 Å². The summed E-state index contributed by atoms with van der Waals surface area (Å²) in [5.41, 5.74) is 17.2. The van der Waals surface area contributed by atoms with E-state index in [1.165, 1.54) is 110 Å². The van der Waals surface area contributed by atoms with E-state index < -0.39 is 0 Å². The molecule has 284 valence electrons. The van der Waals surface area contributed by atoms with Crippen molar-refractivity contribution in [1.29, 1.82) is 0 Å². The fourth-order valence-corrected chi connectivity index (χ4v) is 9.25. The first-order valence-electron chi connectivity index (χ1n) is 21.2. The molecule has 0 bridgehead atoms. The van der Waals surface area contributed by atoms with Crippen LogP contribution in [0.2, 0.25) is 0 Å². The van der Waals surface area contributed by atoms with E-state index in [0.29, 0.717) is 5.92 Å². The lowest BCUT2D eigenvalue weighted by atomic mass is 9.80. The number of fused-ring (bicyclic) bond motifs is 1. The molecule has 0 unspecified atom stereocenters. The maximum Gasteiger partial charge on any atom is 0.0540 e. The molecule has 0 saturated heterocycles. The van der Waals surface area contributed by atoms with Crippen molar-refractivity contribution < 1.29 is 0 Å². The third-order valence-electron chi connectivity index (χ3n) is 12.3. The van der Waals surface area contributed by atoms with Gasteiger partial charge in [0.05, 0.1) is 5.69 Å². The van der Waals surface area contributed by atoms with Gasteiger partial charge in [-0.05, 0) is 115 Å². The van der Waals surface area contributed by atoms with Crippen LogP contribution in [0.3, 0.4) is 0 Å². The zero-order chi connectivity index (χ0) is 39.4. The van der Waals surface area contributed by atoms with Crippen LogP contribution in [-0.2, 0) is 0 Å². The van der Waals surface area contributed by atoms with Crippen molar-refractivity contribution in [2.45, 2.75) is 38.0 Å². The summed E-state index contributed by atoms with van der Waals surface area (Å²) in [6.45, 7) is 0. The smallest absolute Gasteiger partial charge is 0.0540 e. The van der Waals surface area contributed by atoms with Gasteiger partial charge in [0.15, 0.2) is 0 Å². The van der Waals surface area contributed by atoms with E-state index in [2.05, 4.69) is 223 Å². The lowest BCUT2D eigenvalue weighted by Crippen LogP contribution is -2.11. The summed E-state index contributed by atoms with van der Waals surface area (Å²) in [7, 11) is 0. The molecule has 0 N–H and O–H groups in total. The number of anilines is 3. The summed E-state index contributed by atoms with van der Waals surface area (Å²) in [6, 6.07) is 80.1. The fourth-order valence-electron chi connectivity index (χ4n) is 9.25. The van der Waals surface area contributed by atoms with Gasteiger partial charge in [-0.2, -0.15) is 0 Å². The average molecular weight is 758 g/mol. The number of benzene rings is 9. The molecule has 1 heteroatoms. The van der Waals surface area contributed by atoms with Crippen LogP contribution < -0.4 is 4.90 Å². The minimum Gasteiger partial charge on any atom is -0.310 e. The van der Waals surface area contributed by atoms with Crippen molar-refractivity contribution in [2.24, 2.45) is 0 Å². The van der Waals surface area contributed by atoms with Gasteiger partial charge in [-0.1, -0.05) is 207 Å². The number of nitrogens with zero attached hydrogens (tertiary/aromatic N) is 1. The van der Waals surface area contributed by atoms with Crippen molar-refractivity contribution >= 4 is 27.8 Å². The van der Waals surface area contributed by atoms with Gasteiger partial charge < -0.3 is 4.90 Å². The standard InChI is InChI=1S/C58H47N/c1-4-14-42(15-5-1)44-26-30-46(31-27-44)48-34-38-52(39-35-48)59(53-40-36-49(37-41-53)47-32-28-45(29-33-47)43-16-6-2-7-17-43)57-25-11-10-22-55(57)56-24-13-21-51-20-12-23-54(58(51)56)50-18-8-3-9-19-50/h1-2,4-7,10-17,20-41,50H,3,8-9,18-19H2. The van der Waals surface area contributed by atoms with Gasteiger partial charge in [-0.15, -0.1) is 0 Å². The zero-order valence-corrected chi connectivity index (χ0v) is 33.3. The number of hydrogen-bond donors (Lipinski definition) is 0. The third kappa shape index (κ3) is 7.49. The van der Waals surface area contributed by atoms with Gasteiger partial charge in [0.1, 0.15) is 0 Å². The van der Waals surface area contributed by atoms with Gasteiger partial charge in [-0.3, -0.25) is 0 Å². The van der Waals surface area contributed by atoms with E-state index in [-0.39, 0.29) is 0 Å². The molecule has 0 radical (unpaired) electrons. The number of hydrogen-bond acceptors (Lipinski definition) is 1. The van der Waals surface area contributed by atoms with Crippen LogP contribution in [0, 0.1) is 0 Å². The van der Waals surface area contributed by atoms with Crippen LogP contribution >= 0.6 is 0 Å². The molecule has 1 fully saturated rings. The summed E-state index contributed by atoms with van der Waals surface area (Å²) < 4.78 is 0. The van der Waals surface area contributed by atoms with Crippen LogP contribution in [0.25, 0.3) is 66.4 Å². The molecule has 0 spiro atoms. The van der Waals surface area contributed by atoms with E-state index in [9.17, 15) is 0 Å². The van der Waals surface area contributed by atoms with Crippen molar-refractivity contribution in [3.8, 4) is 55.6 Å². The molecule has 1 aliphatic rings. The fraction of sp³-hybridized carbons (Fsp3) is 0.103. The molecule has 0 heterocycles. The number of rotatable bonds is 9. The van der Waals surface area contributed by atoms with Gasteiger partial charge >= 0.3 is 0 Å². The Hall–Kier alpha value is -6.96. The van der Waals surface area contributed by atoms with Gasteiger partial charge in [-0.25, -0.2) is 0 Å². The van der Waals surface area contributed by atoms with Gasteiger partial charge in [0.25, 0.3) is 0 Å². The predicted molar refractivity (Wildman–Crippen MR) is 252 cm³/mol. The molecular formula is C58H47N. The zero-order valence-electron chi connectivity index (χ0n) is 33.3. The van der Waals surface area contributed by atoms with Crippen LogP contribution in [-0.4, -0.2) is 0 Å². The second-order valence-corrected chi connectivity index (χ2v) is 15.9. The molecule has 0 amide bonds. The van der Waals surface area contributed by atoms with E-state index in [0.717, 1.165) is 11.4 Å². The molecule has 0 aromatic heterocycles. The summed E-state index contributed by atoms with van der Waals surface area (Å²) in [5, 5.41) is 2.72. The highest BCUT2D eigenvalue weighted by Crippen LogP contribution is 2.46. The Balaban J connectivity index is 1.06. The van der Waals surface area contributed by atoms with E-state index in [4.69, 9.17) is 0 Å². The molecule has 1 saturated carbocycles. The quantitative estimate of drug-likeness (QED) is 0.142. The maximum absolute atomic E-state index is 2.45. The average Bonchev–Trinajstić information content (AvgIpc) is 3.33. The highest BCUT2D eigenvalue weighted by atomic mass is 15.1. The lowest BCUT2D eigenvalue weighted by Gasteiger charge is -2.29.